The molecule has 29 heavy (non-hydrogen) atoms. The Morgan fingerprint density at radius 3 is 2.79 bits per heavy atom. The summed E-state index contributed by atoms with van der Waals surface area (Å²) in [7, 11) is 1.70. The van der Waals surface area contributed by atoms with E-state index in [9.17, 15) is 4.79 Å². The molecule has 2 aromatic rings. The highest BCUT2D eigenvalue weighted by molar-refractivity contribution is 7.10. The van der Waals surface area contributed by atoms with E-state index in [0.717, 1.165) is 24.3 Å². The monoisotopic (exact) mass is 414 g/mol. The third-order valence-electron chi connectivity index (χ3n) is 4.63. The predicted octanol–water partition coefficient (Wildman–Crippen LogP) is 3.18. The minimum absolute atomic E-state index is 0.0845. The zero-order chi connectivity index (χ0) is 20.9. The first-order chi connectivity index (χ1) is 13.9. The van der Waals surface area contributed by atoms with Crippen LogP contribution in [-0.2, 0) is 24.3 Å². The molecule has 156 valence electrons. The summed E-state index contributed by atoms with van der Waals surface area (Å²) in [5, 5.41) is 8.50. The van der Waals surface area contributed by atoms with Gasteiger partial charge in [-0.3, -0.25) is 9.79 Å². The van der Waals surface area contributed by atoms with Gasteiger partial charge in [0, 0.05) is 37.1 Å². The van der Waals surface area contributed by atoms with E-state index >= 15 is 0 Å². The molecule has 7 heteroatoms. The van der Waals surface area contributed by atoms with Crippen LogP contribution in [0.2, 0.25) is 0 Å². The van der Waals surface area contributed by atoms with Crippen LogP contribution in [0, 0.1) is 0 Å². The molecule has 0 bridgehead atoms. The Bertz CT molecular complexity index is 870. The molecule has 0 unspecified atom stereocenters. The molecular weight excluding hydrogens is 384 g/mol. The van der Waals surface area contributed by atoms with Crippen molar-refractivity contribution in [2.45, 2.75) is 45.9 Å². The minimum Gasteiger partial charge on any atom is -0.488 e. The van der Waals surface area contributed by atoms with E-state index in [0.29, 0.717) is 19.0 Å². The highest BCUT2D eigenvalue weighted by atomic mass is 32.1. The van der Waals surface area contributed by atoms with Crippen molar-refractivity contribution in [3.8, 4) is 5.75 Å². The lowest BCUT2D eigenvalue weighted by atomic mass is 10.1. The molecule has 1 aromatic carbocycles. The summed E-state index contributed by atoms with van der Waals surface area (Å²) >= 11 is 1.78. The number of benzene rings is 1. The van der Waals surface area contributed by atoms with Gasteiger partial charge < -0.3 is 20.3 Å². The Labute approximate surface area is 177 Å². The van der Waals surface area contributed by atoms with Gasteiger partial charge in [0.2, 0.25) is 5.91 Å². The molecule has 0 spiro atoms. The van der Waals surface area contributed by atoms with Crippen molar-refractivity contribution in [3.63, 3.8) is 0 Å². The smallest absolute Gasteiger partial charge is 0.242 e. The molecule has 1 aromatic heterocycles. The number of hydrogen-bond donors (Lipinski definition) is 2. The minimum atomic E-state index is -0.265. The summed E-state index contributed by atoms with van der Waals surface area (Å²) in [5.41, 5.74) is 2.05. The van der Waals surface area contributed by atoms with Crippen LogP contribution in [0.5, 0.6) is 5.75 Å². The summed E-state index contributed by atoms with van der Waals surface area (Å²) in [5.74, 6) is 1.53. The zero-order valence-electron chi connectivity index (χ0n) is 17.6. The van der Waals surface area contributed by atoms with Gasteiger partial charge in [-0.15, -0.1) is 11.3 Å². The van der Waals surface area contributed by atoms with E-state index in [4.69, 9.17) is 4.74 Å². The normalized spacial score (nSPS) is 14.3. The largest absolute Gasteiger partial charge is 0.488 e. The van der Waals surface area contributed by atoms with E-state index in [-0.39, 0.29) is 18.1 Å². The fraction of sp³-hybridized carbons (Fsp3) is 0.455. The van der Waals surface area contributed by atoms with Crippen LogP contribution >= 0.6 is 11.3 Å². The second kappa shape index (κ2) is 9.31. The predicted molar refractivity (Wildman–Crippen MR) is 118 cm³/mol. The lowest BCUT2D eigenvalue weighted by molar-refractivity contribution is -0.130. The Kier molecular flexibility index (Phi) is 6.79. The van der Waals surface area contributed by atoms with E-state index in [1.807, 2.05) is 49.9 Å². The van der Waals surface area contributed by atoms with Gasteiger partial charge in [0.1, 0.15) is 11.4 Å². The maximum atomic E-state index is 12.6. The molecule has 3 rings (SSSR count). The van der Waals surface area contributed by atoms with E-state index in [2.05, 4.69) is 27.1 Å². The number of rotatable bonds is 5. The second-order valence-corrected chi connectivity index (χ2v) is 9.04. The number of carbonyl (C=O) groups excluding carboxylic acids is 1. The van der Waals surface area contributed by atoms with Crippen molar-refractivity contribution >= 4 is 23.2 Å². The molecular formula is C22H30N4O2S. The van der Waals surface area contributed by atoms with Crippen LogP contribution in [-0.4, -0.2) is 42.5 Å². The lowest BCUT2D eigenvalue weighted by Crippen LogP contribution is -2.45. The molecule has 1 aliphatic rings. The van der Waals surface area contributed by atoms with Crippen LogP contribution < -0.4 is 15.4 Å². The number of para-hydroxylation sites is 1. The molecule has 2 N–H and O–H groups in total. The summed E-state index contributed by atoms with van der Waals surface area (Å²) in [6, 6.07) is 10.1. The first-order valence-electron chi connectivity index (χ1n) is 9.90. The van der Waals surface area contributed by atoms with Crippen LogP contribution in [0.15, 0.2) is 40.7 Å². The van der Waals surface area contributed by atoms with Crippen molar-refractivity contribution in [1.29, 1.82) is 0 Å². The number of thiophene rings is 1. The average molecular weight is 415 g/mol. The molecule has 0 radical (unpaired) electrons. The third-order valence-corrected chi connectivity index (χ3v) is 5.65. The zero-order valence-corrected chi connectivity index (χ0v) is 18.4. The third kappa shape index (κ3) is 5.97. The number of nitrogens with zero attached hydrogens (tertiary/aromatic N) is 2. The highest BCUT2D eigenvalue weighted by Crippen LogP contribution is 2.24. The van der Waals surface area contributed by atoms with E-state index in [1.165, 1.54) is 10.4 Å². The maximum absolute atomic E-state index is 12.6. The average Bonchev–Trinajstić information content (AvgIpc) is 3.15. The number of aliphatic imine (C=N–C) groups is 1. The van der Waals surface area contributed by atoms with E-state index < -0.39 is 0 Å². The highest BCUT2D eigenvalue weighted by Gasteiger charge is 2.21. The van der Waals surface area contributed by atoms with Gasteiger partial charge in [-0.25, -0.2) is 0 Å². The number of carbonyl (C=O) groups is 1. The molecule has 6 nitrogen and oxygen atoms in total. The fourth-order valence-corrected chi connectivity index (χ4v) is 4.10. The quantitative estimate of drug-likeness (QED) is 0.583. The van der Waals surface area contributed by atoms with Crippen molar-refractivity contribution in [2.75, 3.05) is 20.1 Å². The van der Waals surface area contributed by atoms with Crippen LogP contribution in [0.25, 0.3) is 0 Å². The van der Waals surface area contributed by atoms with E-state index in [1.54, 1.807) is 18.4 Å². The molecule has 0 aliphatic carbocycles. The van der Waals surface area contributed by atoms with Gasteiger partial charge in [-0.1, -0.05) is 18.2 Å². The fourth-order valence-electron chi connectivity index (χ4n) is 3.21. The number of amides is 1. The molecule has 1 amide bonds. The summed E-state index contributed by atoms with van der Waals surface area (Å²) in [4.78, 5) is 20.1. The van der Waals surface area contributed by atoms with Gasteiger partial charge in [-0.05, 0) is 50.3 Å². The Morgan fingerprint density at radius 1 is 1.24 bits per heavy atom. The summed E-state index contributed by atoms with van der Waals surface area (Å²) in [6.45, 7) is 8.34. The first-order valence-corrected chi connectivity index (χ1v) is 10.8. The first kappa shape index (κ1) is 21.2. The Hall–Kier alpha value is -2.54. The Morgan fingerprint density at radius 2 is 2.03 bits per heavy atom. The van der Waals surface area contributed by atoms with Gasteiger partial charge in [0.15, 0.2) is 5.96 Å². The van der Waals surface area contributed by atoms with Gasteiger partial charge in [0.25, 0.3) is 0 Å². The van der Waals surface area contributed by atoms with Gasteiger partial charge in [-0.2, -0.15) is 0 Å². The molecule has 0 fully saturated rings. The van der Waals surface area contributed by atoms with Crippen molar-refractivity contribution in [3.05, 3.63) is 51.7 Å². The molecule has 0 atom stereocenters. The Balaban J connectivity index is 1.51. The topological polar surface area (TPSA) is 66.0 Å². The molecule has 0 saturated carbocycles. The van der Waals surface area contributed by atoms with Crippen LogP contribution in [0.4, 0.5) is 0 Å². The number of guanidine groups is 1. The molecule has 2 heterocycles. The van der Waals surface area contributed by atoms with Crippen LogP contribution in [0.3, 0.4) is 0 Å². The number of hydrogen-bond acceptors (Lipinski definition) is 4. The number of ether oxygens (including phenoxy) is 1. The lowest BCUT2D eigenvalue weighted by Gasteiger charge is -2.27. The van der Waals surface area contributed by atoms with Crippen LogP contribution in [0.1, 0.15) is 36.8 Å². The number of nitrogens with one attached hydrogen (secondary N) is 2. The second-order valence-electron chi connectivity index (χ2n) is 8.04. The maximum Gasteiger partial charge on any atom is 0.242 e. The van der Waals surface area contributed by atoms with Crippen molar-refractivity contribution in [1.82, 2.24) is 15.5 Å². The summed E-state index contributed by atoms with van der Waals surface area (Å²) < 4.78 is 6.04. The SMILES string of the molecule is CN=C(NCC(=O)N1CCc2sccc2C1)NCc1ccccc1OC(C)(C)C. The standard InChI is InChI=1S/C22H30N4O2S/c1-22(2,3)28-18-8-6-5-7-16(18)13-24-21(23-4)25-14-20(27)26-11-9-19-17(15-26)10-12-29-19/h5-8,10,12H,9,11,13-15H2,1-4H3,(H2,23,24,25). The summed E-state index contributed by atoms with van der Waals surface area (Å²) in [6.07, 6.45) is 0.941. The van der Waals surface area contributed by atoms with Crippen molar-refractivity contribution in [2.24, 2.45) is 4.99 Å². The van der Waals surface area contributed by atoms with Gasteiger partial charge >= 0.3 is 0 Å². The van der Waals surface area contributed by atoms with Crippen molar-refractivity contribution < 1.29 is 9.53 Å². The van der Waals surface area contributed by atoms with Gasteiger partial charge in [0.05, 0.1) is 6.54 Å². The molecule has 1 aliphatic heterocycles. The molecule has 0 saturated heterocycles. The number of fused-ring (bicyclic) bond motifs is 1.